The Morgan fingerprint density at radius 1 is 0.963 bits per heavy atom. The first-order chi connectivity index (χ1) is 12.7. The molecule has 0 spiro atoms. The van der Waals surface area contributed by atoms with Gasteiger partial charge in [-0.25, -0.2) is 8.42 Å². The van der Waals surface area contributed by atoms with Crippen LogP contribution in [0.15, 0.2) is 47.4 Å². The molecule has 0 atom stereocenters. The van der Waals surface area contributed by atoms with Crippen LogP contribution in [0, 0.1) is 0 Å². The summed E-state index contributed by atoms with van der Waals surface area (Å²) >= 11 is 0. The fourth-order valence-electron chi connectivity index (χ4n) is 2.56. The van der Waals surface area contributed by atoms with Gasteiger partial charge in [-0.3, -0.25) is 10.2 Å². The molecule has 0 saturated heterocycles. The molecule has 0 aliphatic carbocycles. The van der Waals surface area contributed by atoms with Crippen LogP contribution >= 0.6 is 0 Å². The first kappa shape index (κ1) is 19.2. The summed E-state index contributed by atoms with van der Waals surface area (Å²) in [7, 11) is -3.88. The average Bonchev–Trinajstić information content (AvgIpc) is 2.65. The van der Waals surface area contributed by atoms with Crippen LogP contribution in [-0.2, 0) is 15.4 Å². The molecule has 0 radical (unpaired) electrons. The van der Waals surface area contributed by atoms with Crippen molar-refractivity contribution in [2.24, 2.45) is 0 Å². The molecule has 3 rings (SSSR count). The molecule has 144 valence electrons. The van der Waals surface area contributed by atoms with Crippen molar-refractivity contribution in [3.05, 3.63) is 53.6 Å². The number of hydrogen-bond acceptors (Lipinski definition) is 5. The predicted molar refractivity (Wildman–Crippen MR) is 100 cm³/mol. The highest BCUT2D eigenvalue weighted by molar-refractivity contribution is 7.89. The Hall–Kier alpha value is -2.58. The molecule has 8 heteroatoms. The Kier molecular flexibility index (Phi) is 5.12. The molecular weight excluding hydrogens is 368 g/mol. The highest BCUT2D eigenvalue weighted by Crippen LogP contribution is 2.30. The van der Waals surface area contributed by atoms with E-state index >= 15 is 0 Å². The summed E-state index contributed by atoms with van der Waals surface area (Å²) in [5.74, 6) is 0.411. The minimum absolute atomic E-state index is 0.0676. The van der Waals surface area contributed by atoms with E-state index in [0.717, 1.165) is 5.56 Å². The first-order valence-corrected chi connectivity index (χ1v) is 9.97. The van der Waals surface area contributed by atoms with Crippen molar-refractivity contribution in [2.75, 3.05) is 13.2 Å². The molecule has 0 bridgehead atoms. The van der Waals surface area contributed by atoms with Gasteiger partial charge in [0, 0.05) is 5.56 Å². The lowest BCUT2D eigenvalue weighted by Gasteiger charge is -2.19. The van der Waals surface area contributed by atoms with Crippen molar-refractivity contribution in [3.8, 4) is 11.5 Å². The lowest BCUT2D eigenvalue weighted by molar-refractivity contribution is 0.0944. The third-order valence-corrected chi connectivity index (χ3v) is 5.40. The second-order valence-corrected chi connectivity index (χ2v) is 8.87. The predicted octanol–water partition coefficient (Wildman–Crippen LogP) is 2.38. The zero-order valence-corrected chi connectivity index (χ0v) is 16.2. The molecule has 2 aromatic rings. The summed E-state index contributed by atoms with van der Waals surface area (Å²) in [6, 6.07) is 11.2. The molecule has 1 aliphatic heterocycles. The highest BCUT2D eigenvalue weighted by atomic mass is 32.2. The number of benzene rings is 2. The largest absolute Gasteiger partial charge is 0.486 e. The smallest absolute Gasteiger partial charge is 0.266 e. The van der Waals surface area contributed by atoms with Crippen LogP contribution < -0.4 is 19.7 Å². The lowest BCUT2D eigenvalue weighted by Crippen LogP contribution is -2.41. The SMILES string of the molecule is CC(C)(C)c1ccc(S(=O)(=O)NNC(=O)c2ccc3c(c2)OCCO3)cc1. The van der Waals surface area contributed by atoms with Gasteiger partial charge in [-0.2, -0.15) is 0 Å². The summed E-state index contributed by atoms with van der Waals surface area (Å²) < 4.78 is 35.6. The number of hydrogen-bond donors (Lipinski definition) is 2. The summed E-state index contributed by atoms with van der Waals surface area (Å²) in [6.07, 6.45) is 0. The van der Waals surface area contributed by atoms with E-state index in [-0.39, 0.29) is 15.9 Å². The first-order valence-electron chi connectivity index (χ1n) is 8.49. The van der Waals surface area contributed by atoms with Crippen molar-refractivity contribution in [3.63, 3.8) is 0 Å². The Balaban J connectivity index is 1.69. The van der Waals surface area contributed by atoms with Crippen LogP contribution in [0.5, 0.6) is 11.5 Å². The number of hydrazine groups is 1. The second-order valence-electron chi connectivity index (χ2n) is 7.19. The molecule has 0 aromatic heterocycles. The molecule has 27 heavy (non-hydrogen) atoms. The van der Waals surface area contributed by atoms with Gasteiger partial charge in [0.2, 0.25) is 0 Å². The van der Waals surface area contributed by atoms with Crippen molar-refractivity contribution in [1.29, 1.82) is 0 Å². The van der Waals surface area contributed by atoms with E-state index in [1.54, 1.807) is 18.2 Å². The molecular formula is C19H22N2O5S. The van der Waals surface area contributed by atoms with Crippen molar-refractivity contribution in [1.82, 2.24) is 10.3 Å². The fraction of sp³-hybridized carbons (Fsp3) is 0.316. The highest BCUT2D eigenvalue weighted by Gasteiger charge is 2.19. The third kappa shape index (κ3) is 4.40. The van der Waals surface area contributed by atoms with Crippen LogP contribution in [-0.4, -0.2) is 27.5 Å². The quantitative estimate of drug-likeness (QED) is 0.782. The zero-order valence-electron chi connectivity index (χ0n) is 15.4. The van der Waals surface area contributed by atoms with Crippen LogP contribution in [0.3, 0.4) is 0 Å². The fourth-order valence-corrected chi connectivity index (χ4v) is 3.40. The Morgan fingerprint density at radius 3 is 2.22 bits per heavy atom. The number of nitrogens with one attached hydrogen (secondary N) is 2. The number of rotatable bonds is 4. The van der Waals surface area contributed by atoms with Gasteiger partial charge >= 0.3 is 0 Å². The molecule has 0 unspecified atom stereocenters. The van der Waals surface area contributed by atoms with Crippen molar-refractivity contribution < 1.29 is 22.7 Å². The summed E-state index contributed by atoms with van der Waals surface area (Å²) in [5, 5.41) is 0. The number of carbonyl (C=O) groups excluding carboxylic acids is 1. The zero-order chi connectivity index (χ0) is 19.7. The van der Waals surface area contributed by atoms with Crippen LogP contribution in [0.1, 0.15) is 36.7 Å². The van der Waals surface area contributed by atoms with E-state index in [2.05, 4.69) is 10.3 Å². The molecule has 0 fully saturated rings. The molecule has 1 heterocycles. The maximum absolute atomic E-state index is 12.4. The number of amides is 1. The van der Waals surface area contributed by atoms with E-state index in [1.807, 2.05) is 20.8 Å². The maximum Gasteiger partial charge on any atom is 0.266 e. The minimum atomic E-state index is -3.88. The van der Waals surface area contributed by atoms with Gasteiger partial charge < -0.3 is 9.47 Å². The number of carbonyl (C=O) groups is 1. The van der Waals surface area contributed by atoms with Gasteiger partial charge in [0.1, 0.15) is 13.2 Å². The molecule has 1 aliphatic rings. The Bertz CT molecular complexity index is 947. The van der Waals surface area contributed by atoms with Gasteiger partial charge in [0.15, 0.2) is 11.5 Å². The lowest BCUT2D eigenvalue weighted by atomic mass is 9.87. The van der Waals surface area contributed by atoms with E-state index < -0.39 is 15.9 Å². The van der Waals surface area contributed by atoms with Crippen molar-refractivity contribution >= 4 is 15.9 Å². The summed E-state index contributed by atoms with van der Waals surface area (Å²) in [4.78, 5) is 14.4. The van der Waals surface area contributed by atoms with Crippen LogP contribution in [0.2, 0.25) is 0 Å². The van der Waals surface area contributed by atoms with Gasteiger partial charge in [-0.1, -0.05) is 32.9 Å². The van der Waals surface area contributed by atoms with Gasteiger partial charge in [-0.05, 0) is 41.3 Å². The molecule has 1 amide bonds. The van der Waals surface area contributed by atoms with Gasteiger partial charge in [0.05, 0.1) is 4.90 Å². The second kappa shape index (κ2) is 7.21. The van der Waals surface area contributed by atoms with Gasteiger partial charge in [0.25, 0.3) is 15.9 Å². The van der Waals surface area contributed by atoms with E-state index in [1.165, 1.54) is 24.3 Å². The standard InChI is InChI=1S/C19H22N2O5S/c1-19(2,3)14-5-7-15(8-6-14)27(23,24)21-20-18(22)13-4-9-16-17(12-13)26-11-10-25-16/h4-9,12,21H,10-11H2,1-3H3,(H,20,22). The molecule has 0 saturated carbocycles. The monoisotopic (exact) mass is 390 g/mol. The average molecular weight is 390 g/mol. The van der Waals surface area contributed by atoms with Gasteiger partial charge in [-0.15, -0.1) is 4.83 Å². The van der Waals surface area contributed by atoms with Crippen molar-refractivity contribution in [2.45, 2.75) is 31.1 Å². The normalized spacial score (nSPS) is 13.9. The Labute approximate surface area is 158 Å². The summed E-state index contributed by atoms with van der Waals surface area (Å²) in [5.41, 5.74) is 3.41. The van der Waals surface area contributed by atoms with E-state index in [4.69, 9.17) is 9.47 Å². The molecule has 2 N–H and O–H groups in total. The number of ether oxygens (including phenoxy) is 2. The minimum Gasteiger partial charge on any atom is -0.486 e. The number of sulfonamides is 1. The molecule has 2 aromatic carbocycles. The third-order valence-electron chi connectivity index (χ3n) is 4.13. The van der Waals surface area contributed by atoms with E-state index in [9.17, 15) is 13.2 Å². The Morgan fingerprint density at radius 2 is 1.59 bits per heavy atom. The number of fused-ring (bicyclic) bond motifs is 1. The van der Waals surface area contributed by atoms with E-state index in [0.29, 0.717) is 24.7 Å². The van der Waals surface area contributed by atoms with Crippen LogP contribution in [0.4, 0.5) is 0 Å². The van der Waals surface area contributed by atoms with Crippen LogP contribution in [0.25, 0.3) is 0 Å². The molecule has 7 nitrogen and oxygen atoms in total. The maximum atomic E-state index is 12.4. The topological polar surface area (TPSA) is 93.7 Å². The summed E-state index contributed by atoms with van der Waals surface area (Å²) in [6.45, 7) is 6.98.